The van der Waals surface area contributed by atoms with Crippen molar-refractivity contribution in [1.29, 1.82) is 0 Å². The van der Waals surface area contributed by atoms with Gasteiger partial charge in [-0.2, -0.15) is 0 Å². The smallest absolute Gasteiger partial charge is 0.414 e. The van der Waals surface area contributed by atoms with E-state index in [1.54, 1.807) is 30.3 Å². The molecule has 7 heteroatoms. The van der Waals surface area contributed by atoms with Gasteiger partial charge in [0.2, 0.25) is 0 Å². The Morgan fingerprint density at radius 2 is 1.86 bits per heavy atom. The van der Waals surface area contributed by atoms with Crippen molar-refractivity contribution < 1.29 is 4.42 Å². The molecule has 0 unspecified atom stereocenters. The molecular weight excluding hydrogens is 390 g/mol. The van der Waals surface area contributed by atoms with Crippen LogP contribution < -0.4 is 11.3 Å². The van der Waals surface area contributed by atoms with Crippen LogP contribution in [0.3, 0.4) is 0 Å². The Kier molecular flexibility index (Phi) is 5.34. The highest BCUT2D eigenvalue weighted by Crippen LogP contribution is 2.20. The number of rotatable bonds is 4. The molecule has 6 nitrogen and oxygen atoms in total. The largest absolute Gasteiger partial charge is 0.422 e. The summed E-state index contributed by atoms with van der Waals surface area (Å²) >= 11 is 5.90. The Bertz CT molecular complexity index is 1210. The second-order valence-electron chi connectivity index (χ2n) is 7.03. The molecule has 1 aliphatic rings. The Hall–Kier alpha value is -3.14. The van der Waals surface area contributed by atoms with Gasteiger partial charge in [0.25, 0.3) is 5.56 Å². The van der Waals surface area contributed by atoms with Crippen LogP contribution in [0.4, 0.5) is 5.69 Å². The molecule has 146 valence electrons. The van der Waals surface area contributed by atoms with Gasteiger partial charge in [0.1, 0.15) is 5.76 Å². The average Bonchev–Trinajstić information content (AvgIpc) is 2.73. The number of hydrogen-bond donors (Lipinski definition) is 0. The fourth-order valence-corrected chi connectivity index (χ4v) is 3.66. The summed E-state index contributed by atoms with van der Waals surface area (Å²) in [5.74, 6) is -0.166. The SMILES string of the molecule is [C-]#[N+]c1cccc(CN2CCc3oc(=O)n(Cc4ccc(Cl)cc4)c(=O)c3C2)c1. The maximum atomic E-state index is 13.0. The van der Waals surface area contributed by atoms with E-state index in [9.17, 15) is 9.59 Å². The molecule has 4 rings (SSSR count). The molecule has 0 saturated carbocycles. The summed E-state index contributed by atoms with van der Waals surface area (Å²) in [5, 5.41) is 0.594. The van der Waals surface area contributed by atoms with E-state index in [2.05, 4.69) is 9.74 Å². The minimum atomic E-state index is -0.637. The normalized spacial score (nSPS) is 13.7. The number of halogens is 1. The Morgan fingerprint density at radius 1 is 1.07 bits per heavy atom. The number of aromatic nitrogens is 1. The highest BCUT2D eigenvalue weighted by Gasteiger charge is 2.24. The number of fused-ring (bicyclic) bond motifs is 1. The van der Waals surface area contributed by atoms with Crippen LogP contribution in [0, 0.1) is 6.57 Å². The van der Waals surface area contributed by atoms with Gasteiger partial charge in [-0.25, -0.2) is 14.2 Å². The third-order valence-electron chi connectivity index (χ3n) is 5.01. The van der Waals surface area contributed by atoms with E-state index in [-0.39, 0.29) is 12.1 Å². The first-order valence-corrected chi connectivity index (χ1v) is 9.60. The van der Waals surface area contributed by atoms with Crippen molar-refractivity contribution in [3.8, 4) is 0 Å². The molecule has 0 bridgehead atoms. The van der Waals surface area contributed by atoms with E-state index in [4.69, 9.17) is 22.6 Å². The molecule has 29 heavy (non-hydrogen) atoms. The van der Waals surface area contributed by atoms with Gasteiger partial charge in [-0.1, -0.05) is 48.0 Å². The summed E-state index contributed by atoms with van der Waals surface area (Å²) in [6.45, 7) is 8.99. The number of nitrogens with zero attached hydrogens (tertiary/aromatic N) is 3. The van der Waals surface area contributed by atoms with Crippen molar-refractivity contribution in [2.75, 3.05) is 6.54 Å². The molecule has 0 fully saturated rings. The van der Waals surface area contributed by atoms with Gasteiger partial charge >= 0.3 is 5.76 Å². The van der Waals surface area contributed by atoms with Crippen LogP contribution in [-0.2, 0) is 26.1 Å². The topological polar surface area (TPSA) is 59.8 Å². The molecule has 0 spiro atoms. The zero-order valence-corrected chi connectivity index (χ0v) is 16.4. The van der Waals surface area contributed by atoms with E-state index in [0.29, 0.717) is 48.1 Å². The van der Waals surface area contributed by atoms with Crippen LogP contribution in [-0.4, -0.2) is 16.0 Å². The lowest BCUT2D eigenvalue weighted by atomic mass is 10.1. The summed E-state index contributed by atoms with van der Waals surface area (Å²) in [6, 6.07) is 14.5. The molecular formula is C22H18ClN3O3. The fraction of sp³-hybridized carbons (Fsp3) is 0.227. The van der Waals surface area contributed by atoms with Gasteiger partial charge in [-0.15, -0.1) is 0 Å². The Balaban J connectivity index is 1.60. The van der Waals surface area contributed by atoms with E-state index >= 15 is 0 Å². The van der Waals surface area contributed by atoms with Crippen molar-refractivity contribution in [3.05, 3.63) is 108 Å². The van der Waals surface area contributed by atoms with Crippen molar-refractivity contribution in [1.82, 2.24) is 9.47 Å². The Labute approximate surface area is 172 Å². The van der Waals surface area contributed by atoms with E-state index in [0.717, 1.165) is 15.7 Å². The second kappa shape index (κ2) is 8.08. The van der Waals surface area contributed by atoms with E-state index in [1.807, 2.05) is 18.2 Å². The van der Waals surface area contributed by atoms with Gasteiger partial charge in [-0.05, 0) is 23.3 Å². The minimum Gasteiger partial charge on any atom is -0.414 e. The monoisotopic (exact) mass is 407 g/mol. The summed E-state index contributed by atoms with van der Waals surface area (Å²) in [5.41, 5.74) is 2.61. The van der Waals surface area contributed by atoms with Gasteiger partial charge in [0, 0.05) is 31.1 Å². The van der Waals surface area contributed by atoms with E-state index in [1.165, 1.54) is 0 Å². The van der Waals surface area contributed by atoms with Crippen LogP contribution in [0.1, 0.15) is 22.5 Å². The first-order chi connectivity index (χ1) is 14.0. The van der Waals surface area contributed by atoms with Crippen LogP contribution in [0.15, 0.2) is 62.5 Å². The van der Waals surface area contributed by atoms with Crippen LogP contribution in [0.25, 0.3) is 4.85 Å². The lowest BCUT2D eigenvalue weighted by Crippen LogP contribution is -2.41. The zero-order valence-electron chi connectivity index (χ0n) is 15.6. The summed E-state index contributed by atoms with van der Waals surface area (Å²) in [4.78, 5) is 31.0. The third kappa shape index (κ3) is 4.16. The first kappa shape index (κ1) is 19.2. The molecule has 0 radical (unpaired) electrons. The van der Waals surface area contributed by atoms with Gasteiger partial charge in [0.15, 0.2) is 5.69 Å². The maximum Gasteiger partial charge on any atom is 0.422 e. The zero-order chi connectivity index (χ0) is 20.4. The van der Waals surface area contributed by atoms with Gasteiger partial charge < -0.3 is 4.42 Å². The van der Waals surface area contributed by atoms with Crippen LogP contribution in [0.5, 0.6) is 0 Å². The molecule has 1 aromatic heterocycles. The predicted octanol–water partition coefficient (Wildman–Crippen LogP) is 3.61. The first-order valence-electron chi connectivity index (χ1n) is 9.22. The van der Waals surface area contributed by atoms with Gasteiger partial charge in [0.05, 0.1) is 18.7 Å². The van der Waals surface area contributed by atoms with Crippen LogP contribution >= 0.6 is 11.6 Å². The lowest BCUT2D eigenvalue weighted by Gasteiger charge is -2.27. The second-order valence-corrected chi connectivity index (χ2v) is 7.47. The molecule has 0 N–H and O–H groups in total. The van der Waals surface area contributed by atoms with Crippen LogP contribution in [0.2, 0.25) is 5.02 Å². The molecule has 0 saturated heterocycles. The number of hydrogen-bond acceptors (Lipinski definition) is 4. The molecule has 3 aromatic rings. The highest BCUT2D eigenvalue weighted by atomic mass is 35.5. The number of benzene rings is 2. The highest BCUT2D eigenvalue weighted by molar-refractivity contribution is 6.30. The minimum absolute atomic E-state index is 0.138. The maximum absolute atomic E-state index is 13.0. The summed E-state index contributed by atoms with van der Waals surface area (Å²) in [7, 11) is 0. The van der Waals surface area contributed by atoms with Crippen molar-refractivity contribution in [2.45, 2.75) is 26.1 Å². The average molecular weight is 408 g/mol. The molecule has 0 atom stereocenters. The lowest BCUT2D eigenvalue weighted by molar-refractivity contribution is 0.218. The molecule has 0 aliphatic carbocycles. The van der Waals surface area contributed by atoms with Crippen molar-refractivity contribution in [2.24, 2.45) is 0 Å². The standard InChI is InChI=1S/C22H18ClN3O3/c1-24-18-4-2-3-16(11-18)12-25-10-9-20-19(14-25)21(27)26(22(28)29-20)13-15-5-7-17(23)8-6-15/h2-8,11H,9-10,12-14H2. The third-order valence-corrected chi connectivity index (χ3v) is 5.26. The quantitative estimate of drug-likeness (QED) is 0.620. The fourth-order valence-electron chi connectivity index (χ4n) is 3.53. The van der Waals surface area contributed by atoms with E-state index < -0.39 is 5.76 Å². The molecule has 0 amide bonds. The molecule has 2 aromatic carbocycles. The van der Waals surface area contributed by atoms with Crippen molar-refractivity contribution in [3.63, 3.8) is 0 Å². The molecule has 1 aliphatic heterocycles. The van der Waals surface area contributed by atoms with Gasteiger partial charge in [-0.3, -0.25) is 9.69 Å². The summed E-state index contributed by atoms with van der Waals surface area (Å²) in [6.07, 6.45) is 0.504. The van der Waals surface area contributed by atoms with Crippen molar-refractivity contribution >= 4 is 17.3 Å². The summed E-state index contributed by atoms with van der Waals surface area (Å²) < 4.78 is 6.59. The predicted molar refractivity (Wildman–Crippen MR) is 110 cm³/mol. The Morgan fingerprint density at radius 3 is 2.62 bits per heavy atom. The molecule has 2 heterocycles.